The van der Waals surface area contributed by atoms with Gasteiger partial charge < -0.3 is 15.0 Å². The fourth-order valence-corrected chi connectivity index (χ4v) is 3.90. The summed E-state index contributed by atoms with van der Waals surface area (Å²) in [5, 5.41) is 6.53. The molecule has 0 aliphatic rings. The van der Waals surface area contributed by atoms with E-state index in [1.165, 1.54) is 5.56 Å². The molecule has 0 aliphatic heterocycles. The lowest BCUT2D eigenvalue weighted by molar-refractivity contribution is -0.121. The molecule has 180 valence electrons. The molecule has 35 heavy (non-hydrogen) atoms. The highest BCUT2D eigenvalue weighted by molar-refractivity contribution is 7.80. The highest BCUT2D eigenvalue weighted by Gasteiger charge is 2.13. The number of halogens is 1. The lowest BCUT2D eigenvalue weighted by Crippen LogP contribution is -2.37. The number of H-pyrrole nitrogens is 1. The van der Waals surface area contributed by atoms with Gasteiger partial charge in [0, 0.05) is 16.3 Å². The summed E-state index contributed by atoms with van der Waals surface area (Å²) in [5.41, 5.74) is 5.66. The second kappa shape index (κ2) is 10.1. The molecule has 0 saturated carbocycles. The summed E-state index contributed by atoms with van der Waals surface area (Å²) in [7, 11) is 0. The topological polar surface area (TPSA) is 79.0 Å². The van der Waals surface area contributed by atoms with E-state index in [4.69, 9.17) is 28.6 Å². The summed E-state index contributed by atoms with van der Waals surface area (Å²) >= 11 is 11.5. The number of benzene rings is 3. The molecule has 0 fully saturated rings. The molecule has 0 unspecified atom stereocenters. The Hall–Kier alpha value is -3.42. The standard InChI is InChI=1S/C27H27ClN4O2S/c1-16-13-22-23(14-21(16)28)31-25(30-22)17-5-9-19(10-6-17)29-26(35)32-24(33)15-34-20-11-7-18(8-12-20)27(2,3)4/h5-14H,15H2,1-4H3,(H,30,31)(H2,29,32,33,35). The maximum atomic E-state index is 12.2. The number of fused-ring (bicyclic) bond motifs is 1. The maximum Gasteiger partial charge on any atom is 0.264 e. The summed E-state index contributed by atoms with van der Waals surface area (Å²) in [6.45, 7) is 8.27. The molecule has 3 N–H and O–H groups in total. The van der Waals surface area contributed by atoms with Gasteiger partial charge in [0.25, 0.3) is 5.91 Å². The Morgan fingerprint density at radius 1 is 1.09 bits per heavy atom. The van der Waals surface area contributed by atoms with E-state index in [9.17, 15) is 4.79 Å². The lowest BCUT2D eigenvalue weighted by Gasteiger charge is -2.19. The van der Waals surface area contributed by atoms with E-state index < -0.39 is 0 Å². The summed E-state index contributed by atoms with van der Waals surface area (Å²) in [6, 6.07) is 19.2. The Morgan fingerprint density at radius 2 is 1.77 bits per heavy atom. The molecule has 3 aromatic carbocycles. The number of thiocarbonyl (C=S) groups is 1. The van der Waals surface area contributed by atoms with Crippen LogP contribution < -0.4 is 15.4 Å². The third-order valence-corrected chi connectivity index (χ3v) is 6.13. The fourth-order valence-electron chi connectivity index (χ4n) is 3.51. The number of rotatable bonds is 5. The van der Waals surface area contributed by atoms with Crippen LogP contribution in [0.15, 0.2) is 60.7 Å². The van der Waals surface area contributed by atoms with Crippen molar-refractivity contribution in [3.8, 4) is 17.1 Å². The second-order valence-electron chi connectivity index (χ2n) is 9.35. The van der Waals surface area contributed by atoms with Crippen molar-refractivity contribution in [1.82, 2.24) is 15.3 Å². The van der Waals surface area contributed by atoms with E-state index in [2.05, 4.69) is 41.4 Å². The van der Waals surface area contributed by atoms with Crippen molar-refractivity contribution in [2.75, 3.05) is 11.9 Å². The monoisotopic (exact) mass is 506 g/mol. The van der Waals surface area contributed by atoms with Crippen LogP contribution in [0.5, 0.6) is 5.75 Å². The van der Waals surface area contributed by atoms with Crippen LogP contribution in [0.2, 0.25) is 5.02 Å². The zero-order valence-corrected chi connectivity index (χ0v) is 21.6. The molecule has 1 amide bonds. The van der Waals surface area contributed by atoms with Crippen molar-refractivity contribution in [3.05, 3.63) is 76.8 Å². The first-order valence-electron chi connectivity index (χ1n) is 11.2. The number of aryl methyl sites for hydroxylation is 1. The van der Waals surface area contributed by atoms with Crippen LogP contribution in [0, 0.1) is 6.92 Å². The number of hydrogen-bond acceptors (Lipinski definition) is 4. The van der Waals surface area contributed by atoms with Gasteiger partial charge in [-0.25, -0.2) is 4.98 Å². The van der Waals surface area contributed by atoms with Gasteiger partial charge in [-0.2, -0.15) is 0 Å². The minimum atomic E-state index is -0.338. The molecule has 4 aromatic rings. The van der Waals surface area contributed by atoms with Crippen LogP contribution in [-0.2, 0) is 10.2 Å². The number of amides is 1. The van der Waals surface area contributed by atoms with Crippen LogP contribution >= 0.6 is 23.8 Å². The quantitative estimate of drug-likeness (QED) is 0.274. The average Bonchev–Trinajstić information content (AvgIpc) is 3.20. The molecule has 0 atom stereocenters. The summed E-state index contributed by atoms with van der Waals surface area (Å²) in [6.07, 6.45) is 0. The van der Waals surface area contributed by atoms with Gasteiger partial charge in [-0.15, -0.1) is 0 Å². The van der Waals surface area contributed by atoms with Gasteiger partial charge in [-0.05, 0) is 84.2 Å². The van der Waals surface area contributed by atoms with Gasteiger partial charge in [0.2, 0.25) is 0 Å². The number of aromatic amines is 1. The number of carbonyl (C=O) groups is 1. The van der Waals surface area contributed by atoms with E-state index in [1.54, 1.807) is 0 Å². The highest BCUT2D eigenvalue weighted by atomic mass is 35.5. The molecular weight excluding hydrogens is 480 g/mol. The van der Waals surface area contributed by atoms with Gasteiger partial charge in [0.05, 0.1) is 11.0 Å². The Balaban J connectivity index is 1.30. The molecular formula is C27H27ClN4O2S. The molecule has 0 saturated heterocycles. The Bertz CT molecular complexity index is 1330. The third kappa shape index (κ3) is 6.18. The molecule has 0 spiro atoms. The van der Waals surface area contributed by atoms with E-state index in [0.29, 0.717) is 10.8 Å². The number of aromatic nitrogens is 2. The Labute approximate surface area is 215 Å². The van der Waals surface area contributed by atoms with Gasteiger partial charge in [-0.1, -0.05) is 44.5 Å². The predicted octanol–water partition coefficient (Wildman–Crippen LogP) is 6.38. The van der Waals surface area contributed by atoms with Crippen LogP contribution in [0.3, 0.4) is 0 Å². The number of carbonyl (C=O) groups excluding carboxylic acids is 1. The van der Waals surface area contributed by atoms with Crippen molar-refractivity contribution in [2.24, 2.45) is 0 Å². The number of nitrogens with one attached hydrogen (secondary N) is 3. The van der Waals surface area contributed by atoms with E-state index in [0.717, 1.165) is 33.7 Å². The van der Waals surface area contributed by atoms with Crippen LogP contribution in [0.1, 0.15) is 31.9 Å². The Morgan fingerprint density at radius 3 is 2.43 bits per heavy atom. The number of nitrogens with zero attached hydrogens (tertiary/aromatic N) is 1. The van der Waals surface area contributed by atoms with Crippen LogP contribution in [-0.4, -0.2) is 27.6 Å². The normalized spacial score (nSPS) is 11.3. The van der Waals surface area contributed by atoms with Crippen molar-refractivity contribution >= 4 is 51.6 Å². The zero-order valence-electron chi connectivity index (χ0n) is 20.0. The number of ether oxygens (including phenoxy) is 1. The summed E-state index contributed by atoms with van der Waals surface area (Å²) < 4.78 is 5.57. The predicted molar refractivity (Wildman–Crippen MR) is 146 cm³/mol. The number of imidazole rings is 1. The highest BCUT2D eigenvalue weighted by Crippen LogP contribution is 2.26. The SMILES string of the molecule is Cc1cc2[nH]c(-c3ccc(NC(=S)NC(=O)COc4ccc(C(C)(C)C)cc4)cc3)nc2cc1Cl. The van der Waals surface area contributed by atoms with Gasteiger partial charge in [-0.3, -0.25) is 10.1 Å². The molecule has 1 heterocycles. The summed E-state index contributed by atoms with van der Waals surface area (Å²) in [5.74, 6) is 1.04. The Kier molecular flexibility index (Phi) is 7.10. The third-order valence-electron chi connectivity index (χ3n) is 5.52. The number of anilines is 1. The second-order valence-corrected chi connectivity index (χ2v) is 10.2. The molecule has 6 nitrogen and oxygen atoms in total. The number of hydrogen-bond donors (Lipinski definition) is 3. The largest absolute Gasteiger partial charge is 0.484 e. The minimum Gasteiger partial charge on any atom is -0.484 e. The van der Waals surface area contributed by atoms with Crippen LogP contribution in [0.4, 0.5) is 5.69 Å². The molecule has 1 aromatic heterocycles. The first-order chi connectivity index (χ1) is 16.6. The first-order valence-corrected chi connectivity index (χ1v) is 12.0. The van der Waals surface area contributed by atoms with Crippen molar-refractivity contribution in [3.63, 3.8) is 0 Å². The molecule has 0 bridgehead atoms. The molecule has 0 aliphatic carbocycles. The summed E-state index contributed by atoms with van der Waals surface area (Å²) in [4.78, 5) is 20.2. The van der Waals surface area contributed by atoms with E-state index >= 15 is 0 Å². The lowest BCUT2D eigenvalue weighted by atomic mass is 9.87. The van der Waals surface area contributed by atoms with Crippen molar-refractivity contribution in [1.29, 1.82) is 0 Å². The maximum absolute atomic E-state index is 12.2. The molecule has 0 radical (unpaired) electrons. The van der Waals surface area contributed by atoms with Gasteiger partial charge in [0.15, 0.2) is 11.7 Å². The van der Waals surface area contributed by atoms with E-state index in [-0.39, 0.29) is 23.0 Å². The smallest absolute Gasteiger partial charge is 0.264 e. The first kappa shape index (κ1) is 24.7. The van der Waals surface area contributed by atoms with Crippen LogP contribution in [0.25, 0.3) is 22.4 Å². The van der Waals surface area contributed by atoms with Crippen molar-refractivity contribution < 1.29 is 9.53 Å². The molecule has 4 rings (SSSR count). The minimum absolute atomic E-state index is 0.0610. The average molecular weight is 507 g/mol. The fraction of sp³-hybridized carbons (Fsp3) is 0.222. The van der Waals surface area contributed by atoms with Gasteiger partial charge >= 0.3 is 0 Å². The van der Waals surface area contributed by atoms with Gasteiger partial charge in [0.1, 0.15) is 11.6 Å². The van der Waals surface area contributed by atoms with Crippen molar-refractivity contribution in [2.45, 2.75) is 33.1 Å². The molecule has 8 heteroatoms. The zero-order chi connectivity index (χ0) is 25.2. The van der Waals surface area contributed by atoms with E-state index in [1.807, 2.05) is 67.6 Å².